The van der Waals surface area contributed by atoms with Crippen LogP contribution in [-0.4, -0.2) is 22.0 Å². The maximum Gasteiger partial charge on any atom is 0.272 e. The zero-order valence-corrected chi connectivity index (χ0v) is 20.3. The summed E-state index contributed by atoms with van der Waals surface area (Å²) in [6.07, 6.45) is 2.27. The molecule has 2 aromatic carbocycles. The number of fused-ring (bicyclic) bond motifs is 1. The van der Waals surface area contributed by atoms with Crippen molar-refractivity contribution >= 4 is 56.5 Å². The highest BCUT2D eigenvalue weighted by Gasteiger charge is 2.21. The van der Waals surface area contributed by atoms with Crippen LogP contribution in [0.25, 0.3) is 10.2 Å². The lowest BCUT2D eigenvalue weighted by Gasteiger charge is -2.16. The van der Waals surface area contributed by atoms with Gasteiger partial charge in [0.25, 0.3) is 5.56 Å². The fraction of sp³-hybridized carbons (Fsp3) is 0.240. The fourth-order valence-electron chi connectivity index (χ4n) is 3.96. The zero-order chi connectivity index (χ0) is 22.8. The third kappa shape index (κ3) is 4.86. The van der Waals surface area contributed by atoms with E-state index in [1.807, 2.05) is 64.9 Å². The number of thiophene rings is 1. The van der Waals surface area contributed by atoms with Gasteiger partial charge in [-0.15, -0.1) is 11.3 Å². The largest absolute Gasteiger partial charge is 0.312 e. The molecule has 0 bridgehead atoms. The molecule has 1 aliphatic rings. The molecule has 1 fully saturated rings. The van der Waals surface area contributed by atoms with E-state index in [9.17, 15) is 9.59 Å². The van der Waals surface area contributed by atoms with Gasteiger partial charge in [0.15, 0.2) is 5.16 Å². The second kappa shape index (κ2) is 9.71. The van der Waals surface area contributed by atoms with Crippen molar-refractivity contribution in [3.63, 3.8) is 0 Å². The van der Waals surface area contributed by atoms with Gasteiger partial charge in [0.1, 0.15) is 4.70 Å². The van der Waals surface area contributed by atoms with Crippen molar-refractivity contribution < 1.29 is 4.79 Å². The van der Waals surface area contributed by atoms with Crippen molar-refractivity contribution in [1.29, 1.82) is 0 Å². The molecule has 0 saturated carbocycles. The Balaban J connectivity index is 1.35. The first-order chi connectivity index (χ1) is 16.1. The molecular weight excluding hydrogens is 474 g/mol. The molecule has 0 spiro atoms. The third-order valence-corrected chi connectivity index (χ3v) is 7.95. The molecule has 4 aromatic rings. The summed E-state index contributed by atoms with van der Waals surface area (Å²) in [5, 5.41) is 3.34. The van der Waals surface area contributed by atoms with Crippen LogP contribution in [0.3, 0.4) is 0 Å². The number of aromatic nitrogens is 2. The van der Waals surface area contributed by atoms with Gasteiger partial charge in [0.2, 0.25) is 5.91 Å². The Bertz CT molecular complexity index is 1350. The molecular formula is C25H22ClN3O2S2. The number of carbonyl (C=O) groups excluding carboxylic acids is 1. The first-order valence-corrected chi connectivity index (χ1v) is 13.1. The molecule has 0 radical (unpaired) electrons. The Kier molecular flexibility index (Phi) is 6.53. The quantitative estimate of drug-likeness (QED) is 0.241. The lowest BCUT2D eigenvalue weighted by molar-refractivity contribution is -0.117. The van der Waals surface area contributed by atoms with Crippen LogP contribution in [-0.2, 0) is 23.5 Å². The van der Waals surface area contributed by atoms with Crippen LogP contribution < -0.4 is 10.5 Å². The molecule has 0 N–H and O–H groups in total. The van der Waals surface area contributed by atoms with Gasteiger partial charge in [-0.3, -0.25) is 14.2 Å². The zero-order valence-electron chi connectivity index (χ0n) is 17.9. The van der Waals surface area contributed by atoms with E-state index in [0.717, 1.165) is 46.9 Å². The summed E-state index contributed by atoms with van der Waals surface area (Å²) >= 11 is 9.00. The van der Waals surface area contributed by atoms with E-state index in [0.29, 0.717) is 28.4 Å². The Morgan fingerprint density at radius 1 is 1.00 bits per heavy atom. The van der Waals surface area contributed by atoms with Crippen molar-refractivity contribution in [3.8, 4) is 0 Å². The van der Waals surface area contributed by atoms with Gasteiger partial charge in [0, 0.05) is 36.0 Å². The van der Waals surface area contributed by atoms with E-state index in [-0.39, 0.29) is 11.5 Å². The number of benzene rings is 2. The van der Waals surface area contributed by atoms with Gasteiger partial charge in [0.05, 0.1) is 5.52 Å². The second-order valence-corrected chi connectivity index (χ2v) is 10.3. The molecule has 2 aromatic heterocycles. The van der Waals surface area contributed by atoms with Crippen molar-refractivity contribution in [2.24, 2.45) is 0 Å². The van der Waals surface area contributed by atoms with Crippen LogP contribution in [0.5, 0.6) is 0 Å². The monoisotopic (exact) mass is 495 g/mol. The molecule has 5 rings (SSSR count). The topological polar surface area (TPSA) is 55.2 Å². The lowest BCUT2D eigenvalue weighted by atomic mass is 10.1. The summed E-state index contributed by atoms with van der Waals surface area (Å²) < 4.78 is 2.48. The first-order valence-electron chi connectivity index (χ1n) is 10.8. The number of hydrogen-bond donors (Lipinski definition) is 0. The van der Waals surface area contributed by atoms with E-state index in [1.54, 1.807) is 16.3 Å². The molecule has 3 heterocycles. The maximum absolute atomic E-state index is 13.2. The molecule has 1 aliphatic heterocycles. The Morgan fingerprint density at radius 3 is 2.48 bits per heavy atom. The van der Waals surface area contributed by atoms with Crippen molar-refractivity contribution in [1.82, 2.24) is 9.55 Å². The summed E-state index contributed by atoms with van der Waals surface area (Å²) in [6, 6.07) is 17.7. The van der Waals surface area contributed by atoms with E-state index < -0.39 is 0 Å². The number of amides is 1. The fourth-order valence-corrected chi connectivity index (χ4v) is 5.85. The average Bonchev–Trinajstić information content (AvgIpc) is 3.48. The normalized spacial score (nSPS) is 13.8. The maximum atomic E-state index is 13.2. The first kappa shape index (κ1) is 22.2. The van der Waals surface area contributed by atoms with Crippen LogP contribution in [0.1, 0.15) is 24.0 Å². The number of rotatable bonds is 7. The number of halogens is 1. The molecule has 8 heteroatoms. The van der Waals surface area contributed by atoms with Gasteiger partial charge in [-0.25, -0.2) is 4.98 Å². The predicted octanol–water partition coefficient (Wildman–Crippen LogP) is 5.77. The molecule has 0 atom stereocenters. The minimum Gasteiger partial charge on any atom is -0.312 e. The van der Waals surface area contributed by atoms with E-state index in [1.165, 1.54) is 11.3 Å². The summed E-state index contributed by atoms with van der Waals surface area (Å²) in [4.78, 5) is 31.8. The number of aryl methyl sites for hydroxylation is 1. The molecule has 0 unspecified atom stereocenters. The number of anilines is 1. The number of nitrogens with zero attached hydrogens (tertiary/aromatic N) is 3. The Labute approximate surface area is 205 Å². The van der Waals surface area contributed by atoms with E-state index in [2.05, 4.69) is 0 Å². The SMILES string of the molecule is O=C1CCCN1c1ccc(CSc2nc3ccsc3c(=O)n2CCc2ccc(Cl)cc2)cc1. The highest BCUT2D eigenvalue weighted by molar-refractivity contribution is 7.98. The lowest BCUT2D eigenvalue weighted by Crippen LogP contribution is -2.23. The predicted molar refractivity (Wildman–Crippen MR) is 137 cm³/mol. The van der Waals surface area contributed by atoms with Crippen LogP contribution in [0.2, 0.25) is 5.02 Å². The Hall–Kier alpha value is -2.61. The summed E-state index contributed by atoms with van der Waals surface area (Å²) in [5.41, 5.74) is 3.95. The average molecular weight is 496 g/mol. The van der Waals surface area contributed by atoms with Crippen LogP contribution >= 0.6 is 34.7 Å². The highest BCUT2D eigenvalue weighted by atomic mass is 35.5. The minimum absolute atomic E-state index is 0.00866. The molecule has 33 heavy (non-hydrogen) atoms. The summed E-state index contributed by atoms with van der Waals surface area (Å²) in [7, 11) is 0. The van der Waals surface area contributed by atoms with Crippen molar-refractivity contribution in [3.05, 3.63) is 86.5 Å². The number of carbonyl (C=O) groups is 1. The van der Waals surface area contributed by atoms with Gasteiger partial charge in [-0.2, -0.15) is 0 Å². The summed E-state index contributed by atoms with van der Waals surface area (Å²) in [6.45, 7) is 1.34. The smallest absolute Gasteiger partial charge is 0.272 e. The van der Waals surface area contributed by atoms with E-state index >= 15 is 0 Å². The molecule has 5 nitrogen and oxygen atoms in total. The molecule has 0 aliphatic carbocycles. The Morgan fingerprint density at radius 2 is 1.76 bits per heavy atom. The molecule has 1 saturated heterocycles. The molecule has 168 valence electrons. The summed E-state index contributed by atoms with van der Waals surface area (Å²) in [5.74, 6) is 0.882. The number of hydrogen-bond acceptors (Lipinski definition) is 5. The van der Waals surface area contributed by atoms with Gasteiger partial charge in [-0.1, -0.05) is 47.6 Å². The standard InChI is InChI=1S/C25H22ClN3O2S2/c26-19-7-3-17(4-8-19)11-14-29-24(31)23-21(12-15-32-23)27-25(29)33-16-18-5-9-20(10-6-18)28-13-1-2-22(28)30/h3-10,12,15H,1-2,11,13-14,16H2. The van der Waals surface area contributed by atoms with Crippen LogP contribution in [0, 0.1) is 0 Å². The number of thioether (sulfide) groups is 1. The van der Waals surface area contributed by atoms with Gasteiger partial charge < -0.3 is 4.90 Å². The minimum atomic E-state index is 0.00866. The van der Waals surface area contributed by atoms with Gasteiger partial charge >= 0.3 is 0 Å². The third-order valence-electron chi connectivity index (χ3n) is 5.76. The van der Waals surface area contributed by atoms with Crippen molar-refractivity contribution in [2.75, 3.05) is 11.4 Å². The highest BCUT2D eigenvalue weighted by Crippen LogP contribution is 2.27. The van der Waals surface area contributed by atoms with Crippen LogP contribution in [0.4, 0.5) is 5.69 Å². The second-order valence-electron chi connectivity index (χ2n) is 7.97. The van der Waals surface area contributed by atoms with Gasteiger partial charge in [-0.05, 0) is 59.7 Å². The van der Waals surface area contributed by atoms with E-state index in [4.69, 9.17) is 16.6 Å². The van der Waals surface area contributed by atoms with Crippen LogP contribution in [0.15, 0.2) is 69.9 Å². The molecule has 1 amide bonds. The van der Waals surface area contributed by atoms with Crippen molar-refractivity contribution in [2.45, 2.75) is 36.7 Å².